The van der Waals surface area contributed by atoms with Gasteiger partial charge in [0.2, 0.25) is 5.91 Å². The van der Waals surface area contributed by atoms with E-state index in [2.05, 4.69) is 5.32 Å². The number of likely N-dealkylation sites (tertiary alicyclic amines) is 1. The predicted molar refractivity (Wildman–Crippen MR) is 101 cm³/mol. The lowest BCUT2D eigenvalue weighted by atomic mass is 9.85. The molecular weight excluding hydrogens is 348 g/mol. The molecule has 0 radical (unpaired) electrons. The Balaban J connectivity index is 1.74. The Morgan fingerprint density at radius 1 is 1.15 bits per heavy atom. The Morgan fingerprint density at radius 2 is 1.93 bits per heavy atom. The van der Waals surface area contributed by atoms with Crippen LogP contribution >= 0.6 is 0 Å². The van der Waals surface area contributed by atoms with Crippen molar-refractivity contribution < 1.29 is 23.8 Å². The molecule has 0 spiro atoms. The van der Waals surface area contributed by atoms with Crippen molar-refractivity contribution in [1.29, 1.82) is 0 Å². The first-order valence-corrected chi connectivity index (χ1v) is 9.42. The first-order valence-electron chi connectivity index (χ1n) is 9.42. The van der Waals surface area contributed by atoms with Gasteiger partial charge in [-0.25, -0.2) is 0 Å². The number of hydrogen-bond acceptors (Lipinski definition) is 6. The molecule has 0 bridgehead atoms. The average Bonchev–Trinajstić information content (AvgIpc) is 3.05. The van der Waals surface area contributed by atoms with Crippen LogP contribution in [-0.4, -0.2) is 56.7 Å². The van der Waals surface area contributed by atoms with Crippen LogP contribution in [0, 0.1) is 5.92 Å². The Morgan fingerprint density at radius 3 is 2.63 bits per heavy atom. The van der Waals surface area contributed by atoms with Gasteiger partial charge in [-0.05, 0) is 37.3 Å². The summed E-state index contributed by atoms with van der Waals surface area (Å²) in [5, 5.41) is 2.90. The zero-order valence-corrected chi connectivity index (χ0v) is 16.2. The quantitative estimate of drug-likeness (QED) is 0.769. The third-order valence-electron chi connectivity index (χ3n) is 5.70. The van der Waals surface area contributed by atoms with E-state index >= 15 is 0 Å². The highest BCUT2D eigenvalue weighted by Crippen LogP contribution is 2.40. The highest BCUT2D eigenvalue weighted by atomic mass is 16.5. The molecule has 1 N–H and O–H groups in total. The fourth-order valence-corrected chi connectivity index (χ4v) is 4.42. The van der Waals surface area contributed by atoms with Crippen molar-refractivity contribution in [2.24, 2.45) is 5.92 Å². The van der Waals surface area contributed by atoms with E-state index in [1.54, 1.807) is 32.4 Å². The Hall–Kier alpha value is -2.28. The number of esters is 1. The smallest absolute Gasteiger partial charge is 0.323 e. The second kappa shape index (κ2) is 8.61. The van der Waals surface area contributed by atoms with Crippen molar-refractivity contribution in [1.82, 2.24) is 4.90 Å². The van der Waals surface area contributed by atoms with Crippen LogP contribution in [-0.2, 0) is 14.3 Å². The summed E-state index contributed by atoms with van der Waals surface area (Å²) in [5.74, 6) is 1.22. The number of nitrogens with one attached hydrogen (secondary N) is 1. The lowest BCUT2D eigenvalue weighted by molar-refractivity contribution is -0.146. The zero-order chi connectivity index (χ0) is 19.4. The molecule has 1 saturated heterocycles. The Bertz CT molecular complexity index is 693. The van der Waals surface area contributed by atoms with Gasteiger partial charge in [0.05, 0.1) is 33.6 Å². The highest BCUT2D eigenvalue weighted by molar-refractivity contribution is 5.94. The van der Waals surface area contributed by atoms with E-state index in [-0.39, 0.29) is 30.5 Å². The van der Waals surface area contributed by atoms with Gasteiger partial charge in [0.1, 0.15) is 17.5 Å². The largest absolute Gasteiger partial charge is 0.497 e. The van der Waals surface area contributed by atoms with Crippen molar-refractivity contribution in [2.45, 2.75) is 44.2 Å². The third-order valence-corrected chi connectivity index (χ3v) is 5.70. The van der Waals surface area contributed by atoms with E-state index in [1.165, 1.54) is 13.5 Å². The predicted octanol–water partition coefficient (Wildman–Crippen LogP) is 2.45. The summed E-state index contributed by atoms with van der Waals surface area (Å²) in [6.45, 7) is 0.154. The standard InChI is InChI=1S/C20H28N2O5/c1-25-14-8-9-18(26-2)15(11-14)21-19(23)12-22-16-7-5-4-6-13(16)10-17(22)20(24)27-3/h8-9,11,13,16-17H,4-7,10,12H2,1-3H3,(H,21,23). The van der Waals surface area contributed by atoms with E-state index in [9.17, 15) is 9.59 Å². The Labute approximate surface area is 160 Å². The van der Waals surface area contributed by atoms with Crippen molar-refractivity contribution in [3.63, 3.8) is 0 Å². The number of nitrogens with zero attached hydrogens (tertiary/aromatic N) is 1. The number of methoxy groups -OCH3 is 3. The van der Waals surface area contributed by atoms with Crippen LogP contribution in [0.2, 0.25) is 0 Å². The molecule has 27 heavy (non-hydrogen) atoms. The van der Waals surface area contributed by atoms with Gasteiger partial charge < -0.3 is 19.5 Å². The van der Waals surface area contributed by atoms with Crippen LogP contribution in [0.4, 0.5) is 5.69 Å². The second-order valence-corrected chi connectivity index (χ2v) is 7.17. The average molecular weight is 376 g/mol. The van der Waals surface area contributed by atoms with E-state index in [1.807, 2.05) is 4.90 Å². The number of hydrogen-bond donors (Lipinski definition) is 1. The molecule has 1 heterocycles. The minimum Gasteiger partial charge on any atom is -0.497 e. The van der Waals surface area contributed by atoms with E-state index in [0.29, 0.717) is 23.1 Å². The molecule has 0 aromatic heterocycles. The number of rotatable bonds is 6. The topological polar surface area (TPSA) is 77.1 Å². The van der Waals surface area contributed by atoms with Gasteiger partial charge >= 0.3 is 5.97 Å². The van der Waals surface area contributed by atoms with Gasteiger partial charge in [-0.2, -0.15) is 0 Å². The molecule has 1 saturated carbocycles. The molecule has 7 nitrogen and oxygen atoms in total. The van der Waals surface area contributed by atoms with E-state index < -0.39 is 0 Å². The summed E-state index contributed by atoms with van der Waals surface area (Å²) < 4.78 is 15.5. The van der Waals surface area contributed by atoms with Crippen LogP contribution in [0.15, 0.2) is 18.2 Å². The summed E-state index contributed by atoms with van der Waals surface area (Å²) in [6.07, 6.45) is 5.23. The first kappa shape index (κ1) is 19.5. The highest BCUT2D eigenvalue weighted by Gasteiger charge is 2.46. The van der Waals surface area contributed by atoms with Crippen molar-refractivity contribution in [3.8, 4) is 11.5 Å². The fraction of sp³-hybridized carbons (Fsp3) is 0.600. The van der Waals surface area contributed by atoms with Gasteiger partial charge in [0.15, 0.2) is 0 Å². The molecule has 3 rings (SSSR count). The molecule has 1 aromatic carbocycles. The van der Waals surface area contributed by atoms with Crippen molar-refractivity contribution >= 4 is 17.6 Å². The molecule has 1 aliphatic heterocycles. The second-order valence-electron chi connectivity index (χ2n) is 7.17. The lowest BCUT2D eigenvalue weighted by Gasteiger charge is -2.32. The van der Waals surface area contributed by atoms with Crippen molar-refractivity contribution in [3.05, 3.63) is 18.2 Å². The van der Waals surface area contributed by atoms with Gasteiger partial charge in [-0.3, -0.25) is 14.5 Å². The lowest BCUT2D eigenvalue weighted by Crippen LogP contribution is -2.46. The van der Waals surface area contributed by atoms with Crippen LogP contribution in [0.3, 0.4) is 0 Å². The first-order chi connectivity index (χ1) is 13.1. The van der Waals surface area contributed by atoms with Gasteiger partial charge in [-0.15, -0.1) is 0 Å². The molecule has 7 heteroatoms. The minimum atomic E-state index is -0.346. The molecule has 1 aliphatic carbocycles. The summed E-state index contributed by atoms with van der Waals surface area (Å²) in [4.78, 5) is 27.1. The number of benzene rings is 1. The molecule has 1 aromatic rings. The molecule has 148 valence electrons. The number of anilines is 1. The molecule has 2 aliphatic rings. The number of carbonyl (C=O) groups excluding carboxylic acids is 2. The van der Waals surface area contributed by atoms with E-state index in [0.717, 1.165) is 25.7 Å². The Kier molecular flexibility index (Phi) is 6.21. The van der Waals surface area contributed by atoms with Crippen LogP contribution in [0.1, 0.15) is 32.1 Å². The minimum absolute atomic E-state index is 0.154. The number of ether oxygens (including phenoxy) is 3. The zero-order valence-electron chi connectivity index (χ0n) is 16.2. The summed E-state index contributed by atoms with van der Waals surface area (Å²) in [7, 11) is 4.53. The molecule has 3 atom stereocenters. The number of fused-ring (bicyclic) bond motifs is 1. The molecule has 2 fully saturated rings. The van der Waals surface area contributed by atoms with Crippen molar-refractivity contribution in [2.75, 3.05) is 33.2 Å². The van der Waals surface area contributed by atoms with Crippen LogP contribution < -0.4 is 14.8 Å². The molecule has 1 amide bonds. The monoisotopic (exact) mass is 376 g/mol. The van der Waals surface area contributed by atoms with Gasteiger partial charge in [0.25, 0.3) is 0 Å². The summed E-state index contributed by atoms with van der Waals surface area (Å²) >= 11 is 0. The summed E-state index contributed by atoms with van der Waals surface area (Å²) in [6, 6.07) is 5.16. The maximum absolute atomic E-state index is 12.8. The van der Waals surface area contributed by atoms with Gasteiger partial charge in [0, 0.05) is 12.1 Å². The molecule has 3 unspecified atom stereocenters. The fourth-order valence-electron chi connectivity index (χ4n) is 4.42. The maximum Gasteiger partial charge on any atom is 0.323 e. The summed E-state index contributed by atoms with van der Waals surface area (Å²) in [5.41, 5.74) is 0.552. The molecular formula is C20H28N2O5. The van der Waals surface area contributed by atoms with Crippen LogP contribution in [0.5, 0.6) is 11.5 Å². The SMILES string of the molecule is COC(=O)C1CC2CCCCC2N1CC(=O)Nc1cc(OC)ccc1OC. The van der Waals surface area contributed by atoms with Crippen LogP contribution in [0.25, 0.3) is 0 Å². The van der Waals surface area contributed by atoms with Gasteiger partial charge in [-0.1, -0.05) is 12.8 Å². The normalized spacial score (nSPS) is 24.8. The maximum atomic E-state index is 12.8. The third kappa shape index (κ3) is 4.18. The number of amides is 1. The number of carbonyl (C=O) groups is 2. The van der Waals surface area contributed by atoms with E-state index in [4.69, 9.17) is 14.2 Å².